The first-order valence-corrected chi connectivity index (χ1v) is 10.9. The molecule has 0 aromatic heterocycles. The van der Waals surface area contributed by atoms with Crippen LogP contribution in [0.15, 0.2) is 54.6 Å². The maximum Gasteiger partial charge on any atom is 0.123 e. The van der Waals surface area contributed by atoms with Crippen molar-refractivity contribution in [3.05, 3.63) is 65.7 Å². The molecule has 1 saturated heterocycles. The van der Waals surface area contributed by atoms with E-state index in [0.29, 0.717) is 12.5 Å². The summed E-state index contributed by atoms with van der Waals surface area (Å²) in [6.07, 6.45) is 8.54. The Hall–Kier alpha value is -1.80. The maximum atomic E-state index is 6.23. The molecule has 3 fully saturated rings. The van der Waals surface area contributed by atoms with Crippen molar-refractivity contribution in [1.82, 2.24) is 4.90 Å². The molecule has 2 bridgehead atoms. The zero-order valence-electron chi connectivity index (χ0n) is 16.2. The van der Waals surface area contributed by atoms with E-state index in [4.69, 9.17) is 4.74 Å². The zero-order valence-corrected chi connectivity index (χ0v) is 16.2. The Kier molecular flexibility index (Phi) is 4.92. The highest BCUT2D eigenvalue weighted by molar-refractivity contribution is 5.37. The van der Waals surface area contributed by atoms with Gasteiger partial charge in [0.1, 0.15) is 12.4 Å². The molecule has 0 spiro atoms. The van der Waals surface area contributed by atoms with E-state index >= 15 is 0 Å². The Morgan fingerprint density at radius 3 is 2.33 bits per heavy atom. The molecular weight excluding hydrogens is 330 g/mol. The van der Waals surface area contributed by atoms with E-state index in [1.54, 1.807) is 0 Å². The number of hydrogen-bond donors (Lipinski definition) is 0. The zero-order chi connectivity index (χ0) is 18.1. The van der Waals surface area contributed by atoms with Gasteiger partial charge < -0.3 is 9.64 Å². The molecule has 27 heavy (non-hydrogen) atoms. The van der Waals surface area contributed by atoms with Gasteiger partial charge in [0.05, 0.1) is 0 Å². The number of ether oxygens (including phenoxy) is 1. The van der Waals surface area contributed by atoms with Gasteiger partial charge in [-0.05, 0) is 80.1 Å². The molecule has 2 nitrogen and oxygen atoms in total. The highest BCUT2D eigenvalue weighted by atomic mass is 16.5. The van der Waals surface area contributed by atoms with Crippen LogP contribution < -0.4 is 4.74 Å². The molecule has 5 rings (SSSR count). The van der Waals surface area contributed by atoms with Gasteiger partial charge in [-0.3, -0.25) is 0 Å². The quantitative estimate of drug-likeness (QED) is 0.684. The van der Waals surface area contributed by atoms with Gasteiger partial charge in [-0.25, -0.2) is 0 Å². The summed E-state index contributed by atoms with van der Waals surface area (Å²) in [5.41, 5.74) is 2.65. The summed E-state index contributed by atoms with van der Waals surface area (Å²) in [5.74, 6) is 3.78. The largest absolute Gasteiger partial charge is 0.489 e. The van der Waals surface area contributed by atoms with E-state index in [9.17, 15) is 0 Å². The van der Waals surface area contributed by atoms with Crippen LogP contribution in [-0.4, -0.2) is 24.0 Å². The Bertz CT molecular complexity index is 750. The molecular formula is C25H31NO. The van der Waals surface area contributed by atoms with Gasteiger partial charge in [-0.2, -0.15) is 0 Å². The summed E-state index contributed by atoms with van der Waals surface area (Å²) in [5, 5.41) is 0. The highest BCUT2D eigenvalue weighted by Crippen LogP contribution is 2.47. The molecule has 2 heteroatoms. The lowest BCUT2D eigenvalue weighted by Gasteiger charge is -2.40. The number of rotatable bonds is 5. The average molecular weight is 362 g/mol. The number of likely N-dealkylation sites (tertiary alicyclic amines) is 1. The minimum absolute atomic E-state index is 0.645. The first-order chi connectivity index (χ1) is 13.4. The predicted octanol–water partition coefficient (Wildman–Crippen LogP) is 5.63. The Morgan fingerprint density at radius 2 is 1.59 bits per heavy atom. The van der Waals surface area contributed by atoms with Crippen molar-refractivity contribution >= 4 is 0 Å². The van der Waals surface area contributed by atoms with Crippen molar-refractivity contribution < 1.29 is 4.74 Å². The smallest absolute Gasteiger partial charge is 0.123 e. The van der Waals surface area contributed by atoms with Crippen LogP contribution in [0.2, 0.25) is 0 Å². The Morgan fingerprint density at radius 1 is 0.815 bits per heavy atom. The van der Waals surface area contributed by atoms with Crippen molar-refractivity contribution in [2.45, 2.75) is 57.1 Å². The molecule has 0 radical (unpaired) electrons. The molecule has 0 unspecified atom stereocenters. The van der Waals surface area contributed by atoms with Crippen LogP contribution in [-0.2, 0) is 6.61 Å². The number of benzene rings is 2. The number of piperidine rings is 1. The van der Waals surface area contributed by atoms with Crippen molar-refractivity contribution in [2.75, 3.05) is 13.1 Å². The fraction of sp³-hybridized carbons (Fsp3) is 0.520. The normalized spacial score (nSPS) is 28.5. The minimum Gasteiger partial charge on any atom is -0.489 e. The van der Waals surface area contributed by atoms with Crippen molar-refractivity contribution in [2.24, 2.45) is 11.8 Å². The third-order valence-electron chi connectivity index (χ3n) is 7.30. The number of hydrogen-bond acceptors (Lipinski definition) is 2. The van der Waals surface area contributed by atoms with Crippen LogP contribution in [0.5, 0.6) is 5.75 Å². The third-order valence-corrected chi connectivity index (χ3v) is 7.30. The van der Waals surface area contributed by atoms with Gasteiger partial charge in [-0.1, -0.05) is 55.0 Å². The van der Waals surface area contributed by atoms with Crippen LogP contribution in [0.3, 0.4) is 0 Å². The van der Waals surface area contributed by atoms with Crippen LogP contribution in [0.1, 0.15) is 55.6 Å². The van der Waals surface area contributed by atoms with E-state index in [1.165, 1.54) is 62.7 Å². The second kappa shape index (κ2) is 7.67. The highest BCUT2D eigenvalue weighted by Gasteiger charge is 2.42. The summed E-state index contributed by atoms with van der Waals surface area (Å²) in [7, 11) is 0. The molecule has 1 heterocycles. The van der Waals surface area contributed by atoms with Crippen LogP contribution >= 0.6 is 0 Å². The van der Waals surface area contributed by atoms with Gasteiger partial charge in [0.2, 0.25) is 0 Å². The van der Waals surface area contributed by atoms with Crippen LogP contribution in [0, 0.1) is 11.8 Å². The van der Waals surface area contributed by atoms with Gasteiger partial charge in [0.15, 0.2) is 0 Å². The van der Waals surface area contributed by atoms with E-state index in [0.717, 1.165) is 23.6 Å². The molecule has 0 N–H and O–H groups in total. The fourth-order valence-corrected chi connectivity index (χ4v) is 5.89. The Balaban J connectivity index is 1.22. The molecule has 2 aromatic rings. The summed E-state index contributed by atoms with van der Waals surface area (Å²) < 4.78 is 6.23. The SMILES string of the molecule is c1ccc(COc2ccccc2C2CCN([C@H]3C[C@H]4CC[C@H]3C4)CC2)cc1. The first kappa shape index (κ1) is 17.3. The fourth-order valence-electron chi connectivity index (χ4n) is 5.89. The molecule has 3 atom stereocenters. The molecule has 2 aromatic carbocycles. The van der Waals surface area contributed by atoms with Crippen LogP contribution in [0.4, 0.5) is 0 Å². The number of para-hydroxylation sites is 1. The molecule has 142 valence electrons. The molecule has 2 saturated carbocycles. The first-order valence-electron chi connectivity index (χ1n) is 10.9. The second-order valence-corrected chi connectivity index (χ2v) is 8.86. The van der Waals surface area contributed by atoms with Crippen LogP contribution in [0.25, 0.3) is 0 Å². The standard InChI is InChI=1S/C25H31NO/c1-2-6-19(7-3-1)18-27-25-9-5-4-8-23(25)21-12-14-26(15-13-21)24-17-20-10-11-22(24)16-20/h1-9,20-22,24H,10-18H2/t20-,22-,24-/m0/s1. The Labute approximate surface area is 163 Å². The topological polar surface area (TPSA) is 12.5 Å². The molecule has 2 aliphatic carbocycles. The second-order valence-electron chi connectivity index (χ2n) is 8.86. The van der Waals surface area contributed by atoms with E-state index in [1.807, 2.05) is 0 Å². The van der Waals surface area contributed by atoms with Crippen molar-refractivity contribution in [3.8, 4) is 5.75 Å². The van der Waals surface area contributed by atoms with Gasteiger partial charge in [0.25, 0.3) is 0 Å². The van der Waals surface area contributed by atoms with Crippen molar-refractivity contribution in [3.63, 3.8) is 0 Å². The molecule has 3 aliphatic rings. The molecule has 1 aliphatic heterocycles. The van der Waals surface area contributed by atoms with Gasteiger partial charge in [0, 0.05) is 6.04 Å². The monoisotopic (exact) mass is 361 g/mol. The molecule has 0 amide bonds. The average Bonchev–Trinajstić information content (AvgIpc) is 3.37. The minimum atomic E-state index is 0.645. The number of fused-ring (bicyclic) bond motifs is 2. The van der Waals surface area contributed by atoms with E-state index < -0.39 is 0 Å². The summed E-state index contributed by atoms with van der Waals surface area (Å²) in [6.45, 7) is 3.19. The maximum absolute atomic E-state index is 6.23. The van der Waals surface area contributed by atoms with E-state index in [2.05, 4.69) is 59.5 Å². The van der Waals surface area contributed by atoms with E-state index in [-0.39, 0.29) is 0 Å². The summed E-state index contributed by atoms with van der Waals surface area (Å²) >= 11 is 0. The summed E-state index contributed by atoms with van der Waals surface area (Å²) in [4.78, 5) is 2.83. The van der Waals surface area contributed by atoms with Gasteiger partial charge >= 0.3 is 0 Å². The predicted molar refractivity (Wildman–Crippen MR) is 110 cm³/mol. The summed E-state index contributed by atoms with van der Waals surface area (Å²) in [6, 6.07) is 20.1. The van der Waals surface area contributed by atoms with Crippen molar-refractivity contribution in [1.29, 1.82) is 0 Å². The lowest BCUT2D eigenvalue weighted by atomic mass is 9.86. The third kappa shape index (κ3) is 3.65. The lowest BCUT2D eigenvalue weighted by molar-refractivity contribution is 0.110. The van der Waals surface area contributed by atoms with Gasteiger partial charge in [-0.15, -0.1) is 0 Å². The number of nitrogens with zero attached hydrogens (tertiary/aromatic N) is 1. The lowest BCUT2D eigenvalue weighted by Crippen LogP contribution is -2.43.